The van der Waals surface area contributed by atoms with Crippen LogP contribution in [0, 0.1) is 12.3 Å². The lowest BCUT2D eigenvalue weighted by atomic mass is 9.90. The molecular formula is C20H23ClN2O3. The highest BCUT2D eigenvalue weighted by Crippen LogP contribution is 2.25. The van der Waals surface area contributed by atoms with E-state index in [1.807, 2.05) is 19.9 Å². The third-order valence-corrected chi connectivity index (χ3v) is 4.24. The minimum atomic E-state index is -1.27. The average molecular weight is 375 g/mol. The third-order valence-electron chi connectivity index (χ3n) is 4.01. The zero-order valence-corrected chi connectivity index (χ0v) is 16.1. The molecule has 6 heteroatoms. The number of rotatable bonds is 6. The summed E-state index contributed by atoms with van der Waals surface area (Å²) in [4.78, 5) is 25.2. The zero-order chi connectivity index (χ0) is 19.3. The molecule has 5 nitrogen and oxygen atoms in total. The van der Waals surface area contributed by atoms with Crippen LogP contribution < -0.4 is 15.4 Å². The monoisotopic (exact) mass is 374 g/mol. The Morgan fingerprint density at radius 3 is 2.27 bits per heavy atom. The minimum absolute atomic E-state index is 0.404. The Kier molecular flexibility index (Phi) is 6.27. The van der Waals surface area contributed by atoms with Crippen molar-refractivity contribution < 1.29 is 14.3 Å². The summed E-state index contributed by atoms with van der Waals surface area (Å²) in [5.41, 5.74) is 0.779. The van der Waals surface area contributed by atoms with E-state index in [2.05, 4.69) is 10.6 Å². The van der Waals surface area contributed by atoms with Crippen molar-refractivity contribution in [3.63, 3.8) is 0 Å². The number of amides is 2. The van der Waals surface area contributed by atoms with Crippen molar-refractivity contribution in [3.8, 4) is 5.75 Å². The first-order valence-electron chi connectivity index (χ1n) is 8.36. The van der Waals surface area contributed by atoms with Crippen LogP contribution in [0.4, 0.5) is 11.4 Å². The van der Waals surface area contributed by atoms with Crippen LogP contribution in [-0.2, 0) is 9.59 Å². The van der Waals surface area contributed by atoms with Gasteiger partial charge in [0, 0.05) is 16.4 Å². The molecule has 0 spiro atoms. The molecule has 0 unspecified atom stereocenters. The number of nitrogens with one attached hydrogen (secondary N) is 2. The fourth-order valence-corrected chi connectivity index (χ4v) is 2.37. The smallest absolute Gasteiger partial charge is 0.239 e. The number of carbonyl (C=O) groups excluding carboxylic acids is 2. The van der Waals surface area contributed by atoms with Gasteiger partial charge in [0.2, 0.25) is 11.8 Å². The molecule has 2 amide bonds. The van der Waals surface area contributed by atoms with Crippen LogP contribution >= 0.6 is 11.6 Å². The van der Waals surface area contributed by atoms with Crippen molar-refractivity contribution in [3.05, 3.63) is 53.1 Å². The largest absolute Gasteiger partial charge is 0.494 e. The van der Waals surface area contributed by atoms with Crippen LogP contribution in [0.5, 0.6) is 5.75 Å². The lowest BCUT2D eigenvalue weighted by Crippen LogP contribution is -2.41. The standard InChI is InChI=1S/C20H23ClN2O3/c1-5-26-16-10-8-15(9-11-16)22-18(24)20(3,4)19(25)23-17-12-14(21)7-6-13(17)2/h6-12H,5H2,1-4H3,(H,22,24)(H,23,25). The highest BCUT2D eigenvalue weighted by molar-refractivity contribution is 6.31. The maximum absolute atomic E-state index is 12.6. The van der Waals surface area contributed by atoms with Crippen LogP contribution in [0.1, 0.15) is 26.3 Å². The van der Waals surface area contributed by atoms with E-state index in [4.69, 9.17) is 16.3 Å². The molecule has 0 saturated heterocycles. The van der Waals surface area contributed by atoms with Gasteiger partial charge in [0.1, 0.15) is 11.2 Å². The first kappa shape index (κ1) is 19.8. The number of hydrogen-bond donors (Lipinski definition) is 2. The van der Waals surface area contributed by atoms with E-state index in [0.717, 1.165) is 11.3 Å². The maximum Gasteiger partial charge on any atom is 0.239 e. The fraction of sp³-hybridized carbons (Fsp3) is 0.300. The molecule has 0 aliphatic carbocycles. The SMILES string of the molecule is CCOc1ccc(NC(=O)C(C)(C)C(=O)Nc2cc(Cl)ccc2C)cc1. The topological polar surface area (TPSA) is 67.4 Å². The normalized spacial score (nSPS) is 11.0. The Bertz CT molecular complexity index is 801. The highest BCUT2D eigenvalue weighted by Gasteiger charge is 2.36. The summed E-state index contributed by atoms with van der Waals surface area (Å²) in [6.45, 7) is 7.48. The molecule has 0 aliphatic heterocycles. The number of benzene rings is 2. The lowest BCUT2D eigenvalue weighted by molar-refractivity contribution is -0.135. The Morgan fingerprint density at radius 1 is 1.04 bits per heavy atom. The number of carbonyl (C=O) groups is 2. The Morgan fingerprint density at radius 2 is 1.65 bits per heavy atom. The number of hydrogen-bond acceptors (Lipinski definition) is 3. The molecule has 0 fully saturated rings. The summed E-state index contributed by atoms with van der Waals surface area (Å²) in [7, 11) is 0. The number of halogens is 1. The van der Waals surface area contributed by atoms with E-state index < -0.39 is 17.2 Å². The van der Waals surface area contributed by atoms with Gasteiger partial charge in [0.25, 0.3) is 0 Å². The molecule has 0 radical (unpaired) electrons. The zero-order valence-electron chi connectivity index (χ0n) is 15.4. The van der Waals surface area contributed by atoms with Crippen molar-refractivity contribution in [2.75, 3.05) is 17.2 Å². The number of anilines is 2. The van der Waals surface area contributed by atoms with Gasteiger partial charge < -0.3 is 15.4 Å². The van der Waals surface area contributed by atoms with Crippen LogP contribution in [0.15, 0.2) is 42.5 Å². The van der Waals surface area contributed by atoms with E-state index in [1.165, 1.54) is 0 Å². The molecular weight excluding hydrogens is 352 g/mol. The van der Waals surface area contributed by atoms with Gasteiger partial charge in [-0.2, -0.15) is 0 Å². The van der Waals surface area contributed by atoms with Crippen molar-refractivity contribution >= 4 is 34.8 Å². The highest BCUT2D eigenvalue weighted by atomic mass is 35.5. The van der Waals surface area contributed by atoms with Crippen LogP contribution in [0.25, 0.3) is 0 Å². The van der Waals surface area contributed by atoms with Crippen LogP contribution in [0.3, 0.4) is 0 Å². The molecule has 0 bridgehead atoms. The Labute approximate surface area is 158 Å². The molecule has 0 saturated carbocycles. The molecule has 2 aromatic carbocycles. The summed E-state index contributed by atoms with van der Waals surface area (Å²) in [5.74, 6) is -0.0934. The number of aryl methyl sites for hydroxylation is 1. The molecule has 26 heavy (non-hydrogen) atoms. The second-order valence-electron chi connectivity index (χ2n) is 6.45. The molecule has 2 aromatic rings. The molecule has 0 aliphatic rings. The van der Waals surface area contributed by atoms with E-state index in [-0.39, 0.29) is 0 Å². The summed E-state index contributed by atoms with van der Waals surface area (Å²) in [6.07, 6.45) is 0. The molecule has 0 aromatic heterocycles. The molecule has 138 valence electrons. The van der Waals surface area contributed by atoms with Gasteiger partial charge in [-0.05, 0) is 69.7 Å². The summed E-state index contributed by atoms with van der Waals surface area (Å²) >= 11 is 5.98. The van der Waals surface area contributed by atoms with E-state index >= 15 is 0 Å². The van der Waals surface area contributed by atoms with Crippen molar-refractivity contribution in [1.29, 1.82) is 0 Å². The van der Waals surface area contributed by atoms with Crippen LogP contribution in [0.2, 0.25) is 5.02 Å². The molecule has 0 atom stereocenters. The molecule has 0 heterocycles. The lowest BCUT2D eigenvalue weighted by Gasteiger charge is -2.23. The van der Waals surface area contributed by atoms with Crippen molar-refractivity contribution in [2.24, 2.45) is 5.41 Å². The average Bonchev–Trinajstić information content (AvgIpc) is 2.60. The Hall–Kier alpha value is -2.53. The van der Waals surface area contributed by atoms with E-state index in [1.54, 1.807) is 50.2 Å². The summed E-state index contributed by atoms with van der Waals surface area (Å²) in [6, 6.07) is 12.2. The van der Waals surface area contributed by atoms with Gasteiger partial charge >= 0.3 is 0 Å². The van der Waals surface area contributed by atoms with Gasteiger partial charge in [0.15, 0.2) is 0 Å². The predicted octanol–water partition coefficient (Wildman–Crippen LogP) is 4.65. The van der Waals surface area contributed by atoms with Gasteiger partial charge in [-0.15, -0.1) is 0 Å². The second-order valence-corrected chi connectivity index (χ2v) is 6.89. The van der Waals surface area contributed by atoms with Crippen LogP contribution in [-0.4, -0.2) is 18.4 Å². The molecule has 2 rings (SSSR count). The Balaban J connectivity index is 2.08. The minimum Gasteiger partial charge on any atom is -0.494 e. The van der Waals surface area contributed by atoms with Gasteiger partial charge in [-0.25, -0.2) is 0 Å². The maximum atomic E-state index is 12.6. The van der Waals surface area contributed by atoms with Crippen molar-refractivity contribution in [2.45, 2.75) is 27.7 Å². The summed E-state index contributed by atoms with van der Waals surface area (Å²) in [5, 5.41) is 6.06. The van der Waals surface area contributed by atoms with E-state index in [0.29, 0.717) is 23.0 Å². The van der Waals surface area contributed by atoms with Gasteiger partial charge in [0.05, 0.1) is 6.61 Å². The van der Waals surface area contributed by atoms with Gasteiger partial charge in [-0.1, -0.05) is 17.7 Å². The summed E-state index contributed by atoms with van der Waals surface area (Å²) < 4.78 is 5.37. The van der Waals surface area contributed by atoms with E-state index in [9.17, 15) is 9.59 Å². The molecule has 2 N–H and O–H groups in total. The van der Waals surface area contributed by atoms with Crippen molar-refractivity contribution in [1.82, 2.24) is 0 Å². The second kappa shape index (κ2) is 8.23. The first-order valence-corrected chi connectivity index (χ1v) is 8.73. The predicted molar refractivity (Wildman–Crippen MR) is 105 cm³/mol. The third kappa shape index (κ3) is 4.76. The fourth-order valence-electron chi connectivity index (χ4n) is 2.20. The van der Waals surface area contributed by atoms with Gasteiger partial charge in [-0.3, -0.25) is 9.59 Å². The quantitative estimate of drug-likeness (QED) is 0.723. The first-order chi connectivity index (χ1) is 12.2. The number of ether oxygens (including phenoxy) is 1.